The van der Waals surface area contributed by atoms with E-state index in [-0.39, 0.29) is 12.1 Å². The van der Waals surface area contributed by atoms with E-state index in [1.54, 1.807) is 0 Å². The smallest absolute Gasteiger partial charge is 0.180 e. The second-order valence-electron chi connectivity index (χ2n) is 4.89. The molecule has 1 nitrogen and oxygen atoms in total. The Morgan fingerprint density at radius 2 is 1.72 bits per heavy atom. The van der Waals surface area contributed by atoms with Gasteiger partial charge in [-0.2, -0.15) is 0 Å². The molecule has 0 radical (unpaired) electrons. The van der Waals surface area contributed by atoms with Gasteiger partial charge in [0, 0.05) is 12.0 Å². The molecule has 1 saturated carbocycles. The molecule has 1 fully saturated rings. The molecule has 18 heavy (non-hydrogen) atoms. The molecule has 1 aromatic rings. The third-order valence-electron chi connectivity index (χ3n) is 3.88. The minimum atomic E-state index is -1.33. The van der Waals surface area contributed by atoms with Gasteiger partial charge in [0.25, 0.3) is 0 Å². The number of hydrogen-bond acceptors (Lipinski definition) is 1. The first-order chi connectivity index (χ1) is 8.52. The summed E-state index contributed by atoms with van der Waals surface area (Å²) in [4.78, 5) is 0. The predicted octanol–water partition coefficient (Wildman–Crippen LogP) is 3.92. The van der Waals surface area contributed by atoms with Crippen LogP contribution in [0.15, 0.2) is 6.07 Å². The number of benzene rings is 1. The van der Waals surface area contributed by atoms with Gasteiger partial charge in [-0.15, -0.1) is 0 Å². The fraction of sp³-hybridized carbons (Fsp3) is 0.538. The fourth-order valence-corrected chi connectivity index (χ4v) is 2.96. The molecule has 100 valence electrons. The summed E-state index contributed by atoms with van der Waals surface area (Å²) in [5.41, 5.74) is 5.26. The molecule has 0 saturated heterocycles. The summed E-state index contributed by atoms with van der Waals surface area (Å²) < 4.78 is 40.7. The fourth-order valence-electron chi connectivity index (χ4n) is 2.77. The van der Waals surface area contributed by atoms with Crippen LogP contribution in [0.3, 0.4) is 0 Å². The number of nitrogens with two attached hydrogens (primary N) is 1. The maximum Gasteiger partial charge on any atom is 0.180 e. The Balaban J connectivity index is 2.55. The van der Waals surface area contributed by atoms with Gasteiger partial charge in [0.2, 0.25) is 0 Å². The van der Waals surface area contributed by atoms with Crippen LogP contribution >= 0.6 is 11.6 Å². The van der Waals surface area contributed by atoms with Gasteiger partial charge < -0.3 is 5.73 Å². The predicted molar refractivity (Wildman–Crippen MR) is 65.1 cm³/mol. The number of halogens is 4. The monoisotopic (exact) mass is 277 g/mol. The van der Waals surface area contributed by atoms with Crippen LogP contribution in [-0.2, 0) is 5.41 Å². The van der Waals surface area contributed by atoms with Gasteiger partial charge in [-0.3, -0.25) is 0 Å². The van der Waals surface area contributed by atoms with Crippen LogP contribution in [0.1, 0.15) is 37.7 Å². The highest BCUT2D eigenvalue weighted by Crippen LogP contribution is 2.42. The van der Waals surface area contributed by atoms with E-state index in [2.05, 4.69) is 0 Å². The van der Waals surface area contributed by atoms with Gasteiger partial charge in [-0.05, 0) is 24.5 Å². The molecule has 0 unspecified atom stereocenters. The molecule has 2 rings (SSSR count). The normalized spacial score (nSPS) is 18.9. The highest BCUT2D eigenvalue weighted by Gasteiger charge is 2.36. The Morgan fingerprint density at radius 3 is 2.28 bits per heavy atom. The van der Waals surface area contributed by atoms with Crippen molar-refractivity contribution in [2.45, 2.75) is 37.5 Å². The Labute approximate surface area is 109 Å². The minimum absolute atomic E-state index is 0.119. The van der Waals surface area contributed by atoms with Crippen LogP contribution in [0.5, 0.6) is 0 Å². The molecule has 0 aromatic heterocycles. The van der Waals surface area contributed by atoms with Crippen molar-refractivity contribution >= 4 is 11.6 Å². The maximum absolute atomic E-state index is 14.1. The van der Waals surface area contributed by atoms with Crippen molar-refractivity contribution in [3.63, 3.8) is 0 Å². The van der Waals surface area contributed by atoms with Crippen molar-refractivity contribution < 1.29 is 13.2 Å². The molecule has 0 aliphatic heterocycles. The van der Waals surface area contributed by atoms with E-state index < -0.39 is 27.9 Å². The lowest BCUT2D eigenvalue weighted by Gasteiger charge is -2.37. The molecule has 0 atom stereocenters. The molecule has 1 aliphatic rings. The molecule has 1 aromatic carbocycles. The van der Waals surface area contributed by atoms with Gasteiger partial charge in [-0.25, -0.2) is 13.2 Å². The zero-order valence-electron chi connectivity index (χ0n) is 9.91. The molecular weight excluding hydrogens is 263 g/mol. The molecule has 0 bridgehead atoms. The average molecular weight is 278 g/mol. The summed E-state index contributed by atoms with van der Waals surface area (Å²) in [6.07, 6.45) is 4.24. The van der Waals surface area contributed by atoms with E-state index in [1.165, 1.54) is 0 Å². The van der Waals surface area contributed by atoms with Crippen LogP contribution in [0.25, 0.3) is 0 Å². The lowest BCUT2D eigenvalue weighted by molar-refractivity contribution is 0.289. The van der Waals surface area contributed by atoms with E-state index in [0.29, 0.717) is 12.8 Å². The molecule has 0 amide bonds. The van der Waals surface area contributed by atoms with Crippen LogP contribution < -0.4 is 5.73 Å². The van der Waals surface area contributed by atoms with Crippen LogP contribution in [-0.4, -0.2) is 6.54 Å². The van der Waals surface area contributed by atoms with E-state index in [9.17, 15) is 13.2 Å². The van der Waals surface area contributed by atoms with Crippen LogP contribution in [0.2, 0.25) is 5.02 Å². The van der Waals surface area contributed by atoms with E-state index in [0.717, 1.165) is 25.3 Å². The zero-order valence-corrected chi connectivity index (χ0v) is 10.7. The van der Waals surface area contributed by atoms with Crippen molar-refractivity contribution in [2.75, 3.05) is 6.54 Å². The molecule has 0 heterocycles. The Bertz CT molecular complexity index is 456. The minimum Gasteiger partial charge on any atom is -0.330 e. The summed E-state index contributed by atoms with van der Waals surface area (Å²) in [6.45, 7) is 0.214. The molecular formula is C13H15ClF3N. The van der Waals surface area contributed by atoms with Crippen molar-refractivity contribution in [3.05, 3.63) is 34.1 Å². The lowest BCUT2D eigenvalue weighted by Crippen LogP contribution is -2.38. The number of hydrogen-bond donors (Lipinski definition) is 1. The average Bonchev–Trinajstić information content (AvgIpc) is 2.41. The van der Waals surface area contributed by atoms with Crippen LogP contribution in [0, 0.1) is 17.5 Å². The number of rotatable bonds is 2. The SMILES string of the molecule is NCC1(c2cc(F)c(F)c(Cl)c2F)CCCCC1. The van der Waals surface area contributed by atoms with Gasteiger partial charge in [0.1, 0.15) is 10.8 Å². The second-order valence-corrected chi connectivity index (χ2v) is 5.27. The molecule has 2 N–H and O–H groups in total. The Hall–Kier alpha value is -0.740. The Morgan fingerprint density at radius 1 is 1.11 bits per heavy atom. The summed E-state index contributed by atoms with van der Waals surface area (Å²) in [6, 6.07) is 0.911. The third kappa shape index (κ3) is 2.12. The first-order valence-corrected chi connectivity index (χ1v) is 6.43. The van der Waals surface area contributed by atoms with Gasteiger partial charge in [-0.1, -0.05) is 30.9 Å². The first-order valence-electron chi connectivity index (χ1n) is 6.05. The summed E-state index contributed by atoms with van der Waals surface area (Å²) in [7, 11) is 0. The summed E-state index contributed by atoms with van der Waals surface area (Å²) in [5, 5.41) is -0.775. The van der Waals surface area contributed by atoms with Gasteiger partial charge in [0.05, 0.1) is 0 Å². The standard InChI is InChI=1S/C13H15ClF3N/c14-10-11(16)8(6-9(15)12(10)17)13(7-18)4-2-1-3-5-13/h6H,1-5,7,18H2. The first kappa shape index (κ1) is 13.7. The Kier molecular flexibility index (Phi) is 3.87. The molecule has 0 spiro atoms. The largest absolute Gasteiger partial charge is 0.330 e. The third-order valence-corrected chi connectivity index (χ3v) is 4.21. The molecule has 5 heteroatoms. The summed E-state index contributed by atoms with van der Waals surface area (Å²) >= 11 is 5.50. The van der Waals surface area contributed by atoms with E-state index >= 15 is 0 Å². The highest BCUT2D eigenvalue weighted by atomic mass is 35.5. The maximum atomic E-state index is 14.1. The van der Waals surface area contributed by atoms with Gasteiger partial charge >= 0.3 is 0 Å². The topological polar surface area (TPSA) is 26.0 Å². The van der Waals surface area contributed by atoms with Crippen LogP contribution in [0.4, 0.5) is 13.2 Å². The van der Waals surface area contributed by atoms with E-state index in [4.69, 9.17) is 17.3 Å². The quantitative estimate of drug-likeness (QED) is 0.643. The van der Waals surface area contributed by atoms with Crippen molar-refractivity contribution in [2.24, 2.45) is 5.73 Å². The van der Waals surface area contributed by atoms with Crippen molar-refractivity contribution in [1.82, 2.24) is 0 Å². The molecule has 1 aliphatic carbocycles. The zero-order chi connectivity index (χ0) is 13.3. The van der Waals surface area contributed by atoms with Gasteiger partial charge in [0.15, 0.2) is 11.6 Å². The van der Waals surface area contributed by atoms with E-state index in [1.807, 2.05) is 0 Å². The second kappa shape index (κ2) is 5.10. The highest BCUT2D eigenvalue weighted by molar-refractivity contribution is 6.31. The summed E-state index contributed by atoms with van der Waals surface area (Å²) in [5.74, 6) is -3.32. The van der Waals surface area contributed by atoms with Crippen molar-refractivity contribution in [3.8, 4) is 0 Å². The van der Waals surface area contributed by atoms with Crippen molar-refractivity contribution in [1.29, 1.82) is 0 Å². The lowest BCUT2D eigenvalue weighted by atomic mass is 9.69.